The average molecular weight is 348 g/mol. The first-order valence-corrected chi connectivity index (χ1v) is 11.1. The lowest BCUT2D eigenvalue weighted by Crippen LogP contribution is -2.06. The van der Waals surface area contributed by atoms with Crippen LogP contribution in [0.25, 0.3) is 0 Å². The molecule has 0 aliphatic heterocycles. The van der Waals surface area contributed by atoms with E-state index in [9.17, 15) is 9.46 Å². The van der Waals surface area contributed by atoms with E-state index in [1.54, 1.807) is 27.7 Å². The van der Waals surface area contributed by atoms with Gasteiger partial charge in [0, 0.05) is 5.66 Å². The fourth-order valence-corrected chi connectivity index (χ4v) is 3.06. The van der Waals surface area contributed by atoms with Crippen LogP contribution in [0.2, 0.25) is 0 Å². The van der Waals surface area contributed by atoms with Crippen LogP contribution in [0.15, 0.2) is 0 Å². The second-order valence-electron chi connectivity index (χ2n) is 5.62. The largest absolute Gasteiger partial charge is 0.345 e. The molecular formula is C12H30O5P2S. The van der Waals surface area contributed by atoms with Gasteiger partial charge in [0.15, 0.2) is 6.49 Å². The molecule has 0 fully saturated rings. The zero-order valence-electron chi connectivity index (χ0n) is 13.7. The minimum absolute atomic E-state index is 0.0261. The van der Waals surface area contributed by atoms with Crippen molar-refractivity contribution in [2.45, 2.75) is 78.9 Å². The van der Waals surface area contributed by atoms with Crippen molar-refractivity contribution in [1.82, 2.24) is 0 Å². The van der Waals surface area contributed by atoms with Crippen molar-refractivity contribution < 1.29 is 23.4 Å². The molecular weight excluding hydrogens is 318 g/mol. The molecule has 0 radical (unpaired) electrons. The molecule has 2 unspecified atom stereocenters. The lowest BCUT2D eigenvalue weighted by atomic mass is 10.5. The highest BCUT2D eigenvalue weighted by Crippen LogP contribution is 2.48. The summed E-state index contributed by atoms with van der Waals surface area (Å²) < 4.78 is 21.0. The van der Waals surface area contributed by atoms with Crippen molar-refractivity contribution in [3.63, 3.8) is 0 Å². The molecule has 124 valence electrons. The molecule has 0 aromatic carbocycles. The summed E-state index contributed by atoms with van der Waals surface area (Å²) in [5.41, 5.74) is -0.250. The Morgan fingerprint density at radius 2 is 1.15 bits per heavy atom. The maximum atomic E-state index is 11.1. The SMILES string of the molecule is CC(C)OP(=O)(O)C(C)C.CC(C)OP(O)(=S)C(C)C. The predicted molar refractivity (Wildman–Crippen MR) is 89.0 cm³/mol. The predicted octanol–water partition coefficient (Wildman–Crippen LogP) is 4.13. The van der Waals surface area contributed by atoms with Crippen molar-refractivity contribution in [2.24, 2.45) is 0 Å². The van der Waals surface area contributed by atoms with E-state index in [1.807, 2.05) is 27.7 Å². The highest BCUT2D eigenvalue weighted by molar-refractivity contribution is 8.09. The molecule has 0 saturated carbocycles. The van der Waals surface area contributed by atoms with Crippen molar-refractivity contribution >= 4 is 25.9 Å². The van der Waals surface area contributed by atoms with Gasteiger partial charge in [-0.15, -0.1) is 0 Å². The molecule has 20 heavy (non-hydrogen) atoms. The van der Waals surface area contributed by atoms with Gasteiger partial charge < -0.3 is 18.8 Å². The van der Waals surface area contributed by atoms with Gasteiger partial charge in [0.2, 0.25) is 0 Å². The van der Waals surface area contributed by atoms with Gasteiger partial charge in [0.1, 0.15) is 0 Å². The molecule has 0 bridgehead atoms. The standard InChI is InChI=1S/C6H15O3P.C6H15O2PS/c1-5(2)9-10(7,8)6(3)4;1-5(2)8-9(7,10)6(3)4/h5-6H,1-4H3,(H,7,8);5-6H,1-4H3,(H,7,10). The van der Waals surface area contributed by atoms with E-state index in [-0.39, 0.29) is 23.5 Å². The van der Waals surface area contributed by atoms with Crippen LogP contribution in [0.3, 0.4) is 0 Å². The summed E-state index contributed by atoms with van der Waals surface area (Å²) in [4.78, 5) is 18.6. The molecule has 0 aliphatic carbocycles. The van der Waals surface area contributed by atoms with Gasteiger partial charge in [-0.2, -0.15) is 0 Å². The van der Waals surface area contributed by atoms with E-state index in [2.05, 4.69) is 0 Å². The van der Waals surface area contributed by atoms with Crippen LogP contribution in [0, 0.1) is 0 Å². The van der Waals surface area contributed by atoms with Gasteiger partial charge in [0.05, 0.1) is 17.9 Å². The van der Waals surface area contributed by atoms with Gasteiger partial charge in [-0.25, -0.2) is 0 Å². The molecule has 8 heteroatoms. The Labute approximate surface area is 128 Å². The summed E-state index contributed by atoms with van der Waals surface area (Å²) in [6, 6.07) is 0. The molecule has 0 rings (SSSR count). The van der Waals surface area contributed by atoms with Crippen molar-refractivity contribution in [2.75, 3.05) is 0 Å². The van der Waals surface area contributed by atoms with Crippen molar-refractivity contribution in [3.05, 3.63) is 0 Å². The van der Waals surface area contributed by atoms with Crippen molar-refractivity contribution in [1.29, 1.82) is 0 Å². The van der Waals surface area contributed by atoms with Crippen LogP contribution < -0.4 is 0 Å². The van der Waals surface area contributed by atoms with Gasteiger partial charge in [-0.1, -0.05) is 27.7 Å². The fraction of sp³-hybridized carbons (Fsp3) is 1.00. The monoisotopic (exact) mass is 348 g/mol. The minimum Gasteiger partial charge on any atom is -0.345 e. The molecule has 0 saturated heterocycles. The van der Waals surface area contributed by atoms with E-state index in [0.717, 1.165) is 0 Å². The molecule has 0 amide bonds. The third-order valence-electron chi connectivity index (χ3n) is 2.03. The second-order valence-corrected chi connectivity index (χ2v) is 11.9. The number of hydrogen-bond donors (Lipinski definition) is 2. The Balaban J connectivity index is 0. The molecule has 5 nitrogen and oxygen atoms in total. The van der Waals surface area contributed by atoms with Crippen LogP contribution in [0.4, 0.5) is 0 Å². The van der Waals surface area contributed by atoms with E-state index < -0.39 is 14.1 Å². The second kappa shape index (κ2) is 9.68. The first-order chi connectivity index (χ1) is 8.72. The van der Waals surface area contributed by atoms with Gasteiger partial charge in [-0.3, -0.25) is 4.57 Å². The Kier molecular flexibility index (Phi) is 11.1. The smallest absolute Gasteiger partial charge is 0.330 e. The fourth-order valence-electron chi connectivity index (χ4n) is 0.848. The third-order valence-corrected chi connectivity index (χ3v) is 7.61. The van der Waals surface area contributed by atoms with Gasteiger partial charge in [0.25, 0.3) is 0 Å². The maximum absolute atomic E-state index is 11.1. The van der Waals surface area contributed by atoms with Crippen LogP contribution in [-0.2, 0) is 25.4 Å². The van der Waals surface area contributed by atoms with Crippen molar-refractivity contribution in [3.8, 4) is 0 Å². The summed E-state index contributed by atoms with van der Waals surface area (Å²) in [6.45, 7) is 11.8. The van der Waals surface area contributed by atoms with E-state index >= 15 is 0 Å². The van der Waals surface area contributed by atoms with Gasteiger partial charge in [-0.05, 0) is 39.5 Å². The molecule has 0 aliphatic rings. The first-order valence-electron chi connectivity index (χ1n) is 6.74. The molecule has 0 aromatic rings. The average Bonchev–Trinajstić information content (AvgIpc) is 2.13. The molecule has 0 heterocycles. The normalized spacial score (nSPS) is 17.9. The van der Waals surface area contributed by atoms with Crippen LogP contribution in [-0.4, -0.2) is 33.3 Å². The molecule has 0 spiro atoms. The zero-order valence-corrected chi connectivity index (χ0v) is 16.3. The maximum Gasteiger partial charge on any atom is 0.330 e. The molecule has 2 atom stereocenters. The van der Waals surface area contributed by atoms with Crippen LogP contribution in [0.5, 0.6) is 0 Å². The summed E-state index contributed by atoms with van der Waals surface area (Å²) in [5.74, 6) is 0. The highest BCUT2D eigenvalue weighted by atomic mass is 32.5. The lowest BCUT2D eigenvalue weighted by Gasteiger charge is -2.21. The van der Waals surface area contributed by atoms with Crippen LogP contribution in [0.1, 0.15) is 55.4 Å². The Bertz CT molecular complexity index is 322. The first kappa shape index (κ1) is 23.0. The third kappa shape index (κ3) is 11.4. The molecule has 0 aromatic heterocycles. The summed E-state index contributed by atoms with van der Waals surface area (Å²) in [6.07, 6.45) is -0.156. The van der Waals surface area contributed by atoms with E-state index in [0.29, 0.717) is 0 Å². The summed E-state index contributed by atoms with van der Waals surface area (Å²) in [7, 11) is -3.32. The summed E-state index contributed by atoms with van der Waals surface area (Å²) >= 11 is 4.89. The quantitative estimate of drug-likeness (QED) is 0.703. The topological polar surface area (TPSA) is 76.0 Å². The number of rotatable bonds is 6. The Morgan fingerprint density at radius 1 is 0.800 bits per heavy atom. The molecule has 2 N–H and O–H groups in total. The number of hydrogen-bond acceptors (Lipinski definition) is 4. The highest BCUT2D eigenvalue weighted by Gasteiger charge is 2.25. The Morgan fingerprint density at radius 3 is 1.25 bits per heavy atom. The Hall–Kier alpha value is 0.720. The minimum atomic E-state index is -3.32. The van der Waals surface area contributed by atoms with Gasteiger partial charge >= 0.3 is 7.60 Å². The lowest BCUT2D eigenvalue weighted by molar-refractivity contribution is 0.200. The zero-order chi connectivity index (χ0) is 16.7. The summed E-state index contributed by atoms with van der Waals surface area (Å²) in [5, 5.41) is 0. The van der Waals surface area contributed by atoms with E-state index in [4.69, 9.17) is 25.7 Å². The van der Waals surface area contributed by atoms with E-state index in [1.165, 1.54) is 0 Å². The van der Waals surface area contributed by atoms with Crippen LogP contribution >= 0.6 is 14.1 Å².